The van der Waals surface area contributed by atoms with E-state index in [1.807, 2.05) is 27.7 Å². The molecule has 94 valence electrons. The van der Waals surface area contributed by atoms with Gasteiger partial charge in [0.2, 0.25) is 5.91 Å². The zero-order valence-corrected chi connectivity index (χ0v) is 11.2. The number of halogens is 1. The van der Waals surface area contributed by atoms with Crippen molar-refractivity contribution in [2.75, 3.05) is 12.4 Å². The van der Waals surface area contributed by atoms with Crippen molar-refractivity contribution in [3.8, 4) is 0 Å². The summed E-state index contributed by atoms with van der Waals surface area (Å²) in [4.78, 5) is 24.6. The molecule has 0 rings (SSSR count). The van der Waals surface area contributed by atoms with Crippen LogP contribution in [0.25, 0.3) is 0 Å². The SMILES string of the molecule is CC(C)CN(C(=O)NC(=O)CCCl)C(C)C. The molecule has 0 spiro atoms. The molecule has 0 aliphatic rings. The lowest BCUT2D eigenvalue weighted by molar-refractivity contribution is -0.119. The molecule has 0 atom stereocenters. The molecule has 0 saturated heterocycles. The summed E-state index contributed by atoms with van der Waals surface area (Å²) in [5, 5.41) is 2.33. The van der Waals surface area contributed by atoms with Crippen LogP contribution < -0.4 is 5.32 Å². The second-order valence-electron chi connectivity index (χ2n) is 4.43. The third kappa shape index (κ3) is 5.95. The van der Waals surface area contributed by atoms with Crippen molar-refractivity contribution in [2.24, 2.45) is 5.92 Å². The third-order valence-corrected chi connectivity index (χ3v) is 2.20. The van der Waals surface area contributed by atoms with E-state index < -0.39 is 0 Å². The number of amides is 3. The topological polar surface area (TPSA) is 49.4 Å². The summed E-state index contributed by atoms with van der Waals surface area (Å²) in [5.74, 6) is 0.274. The van der Waals surface area contributed by atoms with Crippen LogP contribution in [0.5, 0.6) is 0 Å². The standard InChI is InChI=1S/C11H21ClN2O2/c1-8(2)7-14(9(3)4)11(16)13-10(15)5-6-12/h8-9H,5-7H2,1-4H3,(H,13,15,16). The lowest BCUT2D eigenvalue weighted by atomic mass is 10.2. The minimum atomic E-state index is -0.334. The van der Waals surface area contributed by atoms with E-state index in [4.69, 9.17) is 11.6 Å². The number of urea groups is 1. The molecule has 0 aliphatic carbocycles. The highest BCUT2D eigenvalue weighted by atomic mass is 35.5. The van der Waals surface area contributed by atoms with Crippen molar-refractivity contribution in [2.45, 2.75) is 40.2 Å². The first-order valence-corrected chi connectivity index (χ1v) is 6.08. The molecule has 0 unspecified atom stereocenters. The number of imide groups is 1. The van der Waals surface area contributed by atoms with Gasteiger partial charge in [-0.2, -0.15) is 0 Å². The Balaban J connectivity index is 4.33. The number of hydrogen-bond acceptors (Lipinski definition) is 2. The van der Waals surface area contributed by atoms with Crippen LogP contribution in [0, 0.1) is 5.92 Å². The van der Waals surface area contributed by atoms with Gasteiger partial charge in [0.1, 0.15) is 0 Å². The van der Waals surface area contributed by atoms with E-state index in [1.54, 1.807) is 4.90 Å². The van der Waals surface area contributed by atoms with Crippen LogP contribution in [0.15, 0.2) is 0 Å². The smallest absolute Gasteiger partial charge is 0.322 e. The highest BCUT2D eigenvalue weighted by Gasteiger charge is 2.19. The number of carbonyl (C=O) groups is 2. The van der Waals surface area contributed by atoms with Crippen molar-refractivity contribution >= 4 is 23.5 Å². The van der Waals surface area contributed by atoms with Crippen LogP contribution >= 0.6 is 11.6 Å². The maximum atomic E-state index is 11.8. The van der Waals surface area contributed by atoms with Crippen molar-refractivity contribution in [3.05, 3.63) is 0 Å². The number of alkyl halides is 1. The molecule has 0 aromatic rings. The van der Waals surface area contributed by atoms with Crippen LogP contribution in [-0.4, -0.2) is 35.3 Å². The van der Waals surface area contributed by atoms with Crippen molar-refractivity contribution in [3.63, 3.8) is 0 Å². The van der Waals surface area contributed by atoms with Crippen LogP contribution in [0.1, 0.15) is 34.1 Å². The fourth-order valence-electron chi connectivity index (χ4n) is 1.26. The molecular weight excluding hydrogens is 228 g/mol. The van der Waals surface area contributed by atoms with Gasteiger partial charge in [-0.05, 0) is 19.8 Å². The minimum absolute atomic E-state index is 0.0752. The van der Waals surface area contributed by atoms with E-state index in [0.29, 0.717) is 12.5 Å². The van der Waals surface area contributed by atoms with E-state index >= 15 is 0 Å². The normalized spacial score (nSPS) is 10.7. The van der Waals surface area contributed by atoms with Gasteiger partial charge in [-0.25, -0.2) is 4.79 Å². The number of nitrogens with one attached hydrogen (secondary N) is 1. The number of nitrogens with zero attached hydrogens (tertiary/aromatic N) is 1. The Kier molecular flexibility index (Phi) is 7.13. The Morgan fingerprint density at radius 1 is 1.25 bits per heavy atom. The van der Waals surface area contributed by atoms with Gasteiger partial charge in [0.15, 0.2) is 0 Å². The Morgan fingerprint density at radius 2 is 1.81 bits per heavy atom. The quantitative estimate of drug-likeness (QED) is 0.759. The van der Waals surface area contributed by atoms with Gasteiger partial charge < -0.3 is 4.90 Å². The molecule has 1 N–H and O–H groups in total. The molecule has 0 aliphatic heterocycles. The van der Waals surface area contributed by atoms with Crippen LogP contribution in [0.2, 0.25) is 0 Å². The zero-order valence-electron chi connectivity index (χ0n) is 10.4. The van der Waals surface area contributed by atoms with E-state index in [0.717, 1.165) is 0 Å². The molecule has 0 heterocycles. The number of hydrogen-bond donors (Lipinski definition) is 1. The van der Waals surface area contributed by atoms with Gasteiger partial charge in [-0.15, -0.1) is 11.6 Å². The fraction of sp³-hybridized carbons (Fsp3) is 0.818. The summed E-state index contributed by atoms with van der Waals surface area (Å²) < 4.78 is 0. The molecule has 0 radical (unpaired) electrons. The first-order chi connectivity index (χ1) is 7.38. The summed E-state index contributed by atoms with van der Waals surface area (Å²) in [6, 6.07) is -0.259. The Morgan fingerprint density at radius 3 is 2.19 bits per heavy atom. The molecule has 0 aromatic carbocycles. The molecule has 0 saturated carbocycles. The summed E-state index contributed by atoms with van der Waals surface area (Å²) in [6.45, 7) is 8.55. The monoisotopic (exact) mass is 248 g/mol. The molecule has 0 fully saturated rings. The summed E-state index contributed by atoms with van der Waals surface area (Å²) in [6.07, 6.45) is 0.168. The van der Waals surface area contributed by atoms with Crippen LogP contribution in [0.4, 0.5) is 4.79 Å². The first-order valence-electron chi connectivity index (χ1n) is 5.54. The molecule has 3 amide bonds. The van der Waals surface area contributed by atoms with E-state index in [2.05, 4.69) is 5.32 Å². The Hall–Kier alpha value is -0.770. The molecule has 0 aromatic heterocycles. The van der Waals surface area contributed by atoms with E-state index in [1.165, 1.54) is 0 Å². The van der Waals surface area contributed by atoms with E-state index in [9.17, 15) is 9.59 Å². The van der Waals surface area contributed by atoms with Gasteiger partial charge in [-0.3, -0.25) is 10.1 Å². The van der Waals surface area contributed by atoms with Crippen molar-refractivity contribution < 1.29 is 9.59 Å². The van der Waals surface area contributed by atoms with Crippen molar-refractivity contribution in [1.29, 1.82) is 0 Å². The van der Waals surface area contributed by atoms with Crippen molar-refractivity contribution in [1.82, 2.24) is 10.2 Å². The summed E-state index contributed by atoms with van der Waals surface area (Å²) in [5.41, 5.74) is 0. The predicted octanol–water partition coefficient (Wildman–Crippen LogP) is 2.22. The van der Waals surface area contributed by atoms with Crippen LogP contribution in [0.3, 0.4) is 0 Å². The van der Waals surface area contributed by atoms with Crippen LogP contribution in [-0.2, 0) is 4.79 Å². The van der Waals surface area contributed by atoms with E-state index in [-0.39, 0.29) is 30.3 Å². The zero-order chi connectivity index (χ0) is 12.7. The molecular formula is C11H21ClN2O2. The predicted molar refractivity (Wildman–Crippen MR) is 65.6 cm³/mol. The maximum Gasteiger partial charge on any atom is 0.324 e. The summed E-state index contributed by atoms with van der Waals surface area (Å²) >= 11 is 5.42. The average Bonchev–Trinajstić information content (AvgIpc) is 2.13. The fourth-order valence-corrected chi connectivity index (χ4v) is 1.43. The van der Waals surface area contributed by atoms with Gasteiger partial charge >= 0.3 is 6.03 Å². The number of rotatable bonds is 5. The highest BCUT2D eigenvalue weighted by molar-refractivity contribution is 6.19. The van der Waals surface area contributed by atoms with Gasteiger partial charge in [-0.1, -0.05) is 13.8 Å². The molecule has 5 heteroatoms. The first kappa shape index (κ1) is 15.2. The Bertz CT molecular complexity index is 242. The lowest BCUT2D eigenvalue weighted by Crippen LogP contribution is -2.47. The number of carbonyl (C=O) groups excluding carboxylic acids is 2. The second kappa shape index (κ2) is 7.49. The van der Waals surface area contributed by atoms with Gasteiger partial charge in [0.25, 0.3) is 0 Å². The second-order valence-corrected chi connectivity index (χ2v) is 4.81. The highest BCUT2D eigenvalue weighted by Crippen LogP contribution is 2.04. The summed E-state index contributed by atoms with van der Waals surface area (Å²) in [7, 11) is 0. The Labute approximate surface area is 102 Å². The third-order valence-electron chi connectivity index (χ3n) is 2.01. The average molecular weight is 249 g/mol. The largest absolute Gasteiger partial charge is 0.324 e. The van der Waals surface area contributed by atoms with Gasteiger partial charge in [0, 0.05) is 24.9 Å². The minimum Gasteiger partial charge on any atom is -0.322 e. The molecule has 4 nitrogen and oxygen atoms in total. The van der Waals surface area contributed by atoms with Gasteiger partial charge in [0.05, 0.1) is 0 Å². The lowest BCUT2D eigenvalue weighted by Gasteiger charge is -2.28. The molecule has 0 bridgehead atoms. The maximum absolute atomic E-state index is 11.8. The molecule has 16 heavy (non-hydrogen) atoms.